The maximum atomic E-state index is 13.0. The van der Waals surface area contributed by atoms with Crippen LogP contribution in [0.2, 0.25) is 0 Å². The van der Waals surface area contributed by atoms with Crippen molar-refractivity contribution in [2.45, 2.75) is 71.0 Å². The molecule has 4 nitrogen and oxygen atoms in total. The highest BCUT2D eigenvalue weighted by molar-refractivity contribution is 5.88. The summed E-state index contributed by atoms with van der Waals surface area (Å²) in [5.41, 5.74) is 0. The number of carbonyl (C=O) groups excluding carboxylic acids is 2. The SMILES string of the molecule is CCCCC(CC(=O)C1OC2CCC1CC2CF)C(=O)OCC. The quantitative estimate of drug-likeness (QED) is 0.608. The van der Waals surface area contributed by atoms with E-state index in [4.69, 9.17) is 9.47 Å². The Bertz CT molecular complexity index is 412. The molecule has 0 spiro atoms. The van der Waals surface area contributed by atoms with E-state index in [1.54, 1.807) is 6.92 Å². The summed E-state index contributed by atoms with van der Waals surface area (Å²) in [4.78, 5) is 24.7. The Morgan fingerprint density at radius 2 is 2.09 bits per heavy atom. The normalized spacial score (nSPS) is 30.9. The second-order valence-electron chi connectivity index (χ2n) is 6.84. The standard InChI is InChI=1S/C18H29FO4/c1-3-5-6-13(18(21)22-4-2)10-15(20)17-12-7-8-16(23-17)14(9-12)11-19/h12-14,16-17H,3-11H2,1-2H3. The molecule has 2 aliphatic heterocycles. The molecule has 1 aliphatic carbocycles. The lowest BCUT2D eigenvalue weighted by Gasteiger charge is -2.46. The molecule has 0 radical (unpaired) electrons. The van der Waals surface area contributed by atoms with Crippen LogP contribution in [0.3, 0.4) is 0 Å². The van der Waals surface area contributed by atoms with Crippen molar-refractivity contribution in [2.75, 3.05) is 13.3 Å². The largest absolute Gasteiger partial charge is 0.466 e. The van der Waals surface area contributed by atoms with Gasteiger partial charge < -0.3 is 9.47 Å². The maximum Gasteiger partial charge on any atom is 0.309 e. The number of ether oxygens (including phenoxy) is 2. The Balaban J connectivity index is 1.94. The fraction of sp³-hybridized carbons (Fsp3) is 0.889. The maximum absolute atomic E-state index is 13.0. The number of ketones is 1. The molecule has 23 heavy (non-hydrogen) atoms. The van der Waals surface area contributed by atoms with Crippen molar-refractivity contribution in [3.63, 3.8) is 0 Å². The van der Waals surface area contributed by atoms with Gasteiger partial charge in [0.1, 0.15) is 6.10 Å². The van der Waals surface area contributed by atoms with Crippen molar-refractivity contribution in [1.82, 2.24) is 0 Å². The van der Waals surface area contributed by atoms with Crippen LogP contribution in [0.1, 0.15) is 58.8 Å². The van der Waals surface area contributed by atoms with E-state index in [1.165, 1.54) is 0 Å². The van der Waals surface area contributed by atoms with Gasteiger partial charge in [0.15, 0.2) is 5.78 Å². The van der Waals surface area contributed by atoms with Gasteiger partial charge in [-0.15, -0.1) is 0 Å². The molecule has 5 unspecified atom stereocenters. The van der Waals surface area contributed by atoms with Crippen LogP contribution in [0.25, 0.3) is 0 Å². The van der Waals surface area contributed by atoms with Gasteiger partial charge >= 0.3 is 5.97 Å². The van der Waals surface area contributed by atoms with Gasteiger partial charge in [0.2, 0.25) is 0 Å². The number of alkyl halides is 1. The number of Topliss-reactive ketones (excluding diaryl/α,β-unsaturated/α-hetero) is 1. The summed E-state index contributed by atoms with van der Waals surface area (Å²) in [6.07, 6.45) is 4.67. The summed E-state index contributed by atoms with van der Waals surface area (Å²) < 4.78 is 23.9. The molecule has 2 bridgehead atoms. The average Bonchev–Trinajstić information content (AvgIpc) is 2.58. The average molecular weight is 328 g/mol. The van der Waals surface area contributed by atoms with Crippen molar-refractivity contribution in [2.24, 2.45) is 17.8 Å². The molecule has 0 aromatic rings. The Labute approximate surface area is 138 Å². The highest BCUT2D eigenvalue weighted by atomic mass is 19.1. The van der Waals surface area contributed by atoms with Gasteiger partial charge in [0.25, 0.3) is 0 Å². The second-order valence-corrected chi connectivity index (χ2v) is 6.84. The number of hydrogen-bond acceptors (Lipinski definition) is 4. The molecule has 3 fully saturated rings. The van der Waals surface area contributed by atoms with Crippen molar-refractivity contribution < 1.29 is 23.5 Å². The van der Waals surface area contributed by atoms with E-state index < -0.39 is 6.10 Å². The predicted molar refractivity (Wildman–Crippen MR) is 84.7 cm³/mol. The first-order valence-corrected chi connectivity index (χ1v) is 9.01. The van der Waals surface area contributed by atoms with Crippen molar-refractivity contribution in [1.29, 1.82) is 0 Å². The summed E-state index contributed by atoms with van der Waals surface area (Å²) in [6, 6.07) is 0. The molecule has 132 valence electrons. The van der Waals surface area contributed by atoms with E-state index in [1.807, 2.05) is 0 Å². The summed E-state index contributed by atoms with van der Waals surface area (Å²) in [5.74, 6) is -0.604. The molecular weight excluding hydrogens is 299 g/mol. The predicted octanol–water partition coefficient (Wildman–Crippen LogP) is 3.47. The molecule has 5 atom stereocenters. The lowest BCUT2D eigenvalue weighted by Crippen LogP contribution is -2.50. The summed E-state index contributed by atoms with van der Waals surface area (Å²) in [6.45, 7) is 3.80. The second kappa shape index (κ2) is 8.76. The van der Waals surface area contributed by atoms with Crippen LogP contribution in [-0.2, 0) is 19.1 Å². The fourth-order valence-electron chi connectivity index (χ4n) is 3.90. The van der Waals surface area contributed by atoms with Gasteiger partial charge in [0.05, 0.1) is 25.3 Å². The fourth-order valence-corrected chi connectivity index (χ4v) is 3.90. The molecule has 0 aromatic carbocycles. The summed E-state index contributed by atoms with van der Waals surface area (Å²) in [7, 11) is 0. The number of esters is 1. The smallest absolute Gasteiger partial charge is 0.309 e. The van der Waals surface area contributed by atoms with E-state index in [9.17, 15) is 14.0 Å². The molecule has 0 N–H and O–H groups in total. The Hall–Kier alpha value is -0.970. The Morgan fingerprint density at radius 1 is 1.30 bits per heavy atom. The lowest BCUT2D eigenvalue weighted by molar-refractivity contribution is -0.175. The summed E-state index contributed by atoms with van der Waals surface area (Å²) in [5, 5.41) is 0. The summed E-state index contributed by atoms with van der Waals surface area (Å²) >= 11 is 0. The molecule has 5 heteroatoms. The number of rotatable bonds is 9. The molecule has 3 aliphatic rings. The van der Waals surface area contributed by atoms with Crippen LogP contribution in [0.5, 0.6) is 0 Å². The van der Waals surface area contributed by atoms with Crippen molar-refractivity contribution in [3.8, 4) is 0 Å². The van der Waals surface area contributed by atoms with Gasteiger partial charge in [-0.25, -0.2) is 0 Å². The minimum atomic E-state index is -0.449. The van der Waals surface area contributed by atoms with E-state index in [0.717, 1.165) is 32.1 Å². The Morgan fingerprint density at radius 3 is 2.65 bits per heavy atom. The molecule has 2 saturated heterocycles. The third kappa shape index (κ3) is 4.52. The van der Waals surface area contributed by atoms with E-state index in [-0.39, 0.29) is 48.7 Å². The van der Waals surface area contributed by atoms with E-state index in [2.05, 4.69) is 6.92 Å². The third-order valence-corrected chi connectivity index (χ3v) is 5.19. The number of hydrogen-bond donors (Lipinski definition) is 0. The van der Waals surface area contributed by atoms with Crippen LogP contribution in [0.4, 0.5) is 4.39 Å². The zero-order valence-electron chi connectivity index (χ0n) is 14.3. The first-order chi connectivity index (χ1) is 11.1. The van der Waals surface area contributed by atoms with Crippen molar-refractivity contribution >= 4 is 11.8 Å². The van der Waals surface area contributed by atoms with Crippen LogP contribution >= 0.6 is 0 Å². The number of carbonyl (C=O) groups is 2. The number of fused-ring (bicyclic) bond motifs is 3. The monoisotopic (exact) mass is 328 g/mol. The van der Waals surface area contributed by atoms with Crippen molar-refractivity contribution in [3.05, 3.63) is 0 Å². The highest BCUT2D eigenvalue weighted by Gasteiger charge is 2.45. The molecular formula is C18H29FO4. The molecule has 1 saturated carbocycles. The minimum absolute atomic E-state index is 0.00818. The van der Waals surface area contributed by atoms with Gasteiger partial charge in [0, 0.05) is 12.3 Å². The molecule has 0 amide bonds. The first-order valence-electron chi connectivity index (χ1n) is 9.01. The third-order valence-electron chi connectivity index (χ3n) is 5.19. The molecule has 0 aromatic heterocycles. The van der Waals surface area contributed by atoms with Gasteiger partial charge in [-0.1, -0.05) is 19.8 Å². The first kappa shape index (κ1) is 18.4. The zero-order chi connectivity index (χ0) is 16.8. The van der Waals surface area contributed by atoms with Crippen LogP contribution < -0.4 is 0 Å². The number of unbranched alkanes of at least 4 members (excludes halogenated alkanes) is 1. The van der Waals surface area contributed by atoms with E-state index in [0.29, 0.717) is 13.0 Å². The highest BCUT2D eigenvalue weighted by Crippen LogP contribution is 2.42. The minimum Gasteiger partial charge on any atom is -0.466 e. The lowest BCUT2D eigenvalue weighted by atomic mass is 9.72. The van der Waals surface area contributed by atoms with Gasteiger partial charge in [-0.2, -0.15) is 0 Å². The number of halogens is 1. The van der Waals surface area contributed by atoms with Crippen LogP contribution in [0, 0.1) is 17.8 Å². The zero-order valence-corrected chi connectivity index (χ0v) is 14.3. The van der Waals surface area contributed by atoms with Gasteiger partial charge in [-0.3, -0.25) is 14.0 Å². The topological polar surface area (TPSA) is 52.6 Å². The van der Waals surface area contributed by atoms with E-state index >= 15 is 0 Å². The van der Waals surface area contributed by atoms with Crippen LogP contribution in [-0.4, -0.2) is 37.2 Å². The van der Waals surface area contributed by atoms with Crippen LogP contribution in [0.15, 0.2) is 0 Å². The molecule has 3 rings (SSSR count). The Kier molecular flexibility index (Phi) is 7.00. The molecule has 2 heterocycles. The van der Waals surface area contributed by atoms with Gasteiger partial charge in [-0.05, 0) is 38.5 Å².